The Morgan fingerprint density at radius 3 is 2.43 bits per heavy atom. The van der Waals surface area contributed by atoms with Gasteiger partial charge in [-0.25, -0.2) is 9.59 Å². The molecule has 1 aliphatic carbocycles. The molecule has 1 fully saturated rings. The maximum Gasteiger partial charge on any atom is 0.329 e. The smallest absolute Gasteiger partial charge is 0.329 e. The van der Waals surface area contributed by atoms with Crippen LogP contribution in [0.5, 0.6) is 0 Å². The van der Waals surface area contributed by atoms with Gasteiger partial charge in [0, 0.05) is 18.1 Å². The van der Waals surface area contributed by atoms with E-state index in [2.05, 4.69) is 21.2 Å². The number of amides is 2. The molecule has 0 saturated heterocycles. The Morgan fingerprint density at radius 1 is 1.38 bits per heavy atom. The standard InChI is InChI=1S/C15H19BrN2O3/c1-15(13(19)20,11-5-6-11)17-14(21)18(2)9-10-3-7-12(16)8-4-10/h3-4,7-8,11H,5-6,9H2,1-2H3,(H,17,21)(H,19,20). The van der Waals surface area contributed by atoms with Gasteiger partial charge in [0.15, 0.2) is 0 Å². The monoisotopic (exact) mass is 354 g/mol. The summed E-state index contributed by atoms with van der Waals surface area (Å²) < 4.78 is 0.977. The number of benzene rings is 1. The van der Waals surface area contributed by atoms with E-state index in [-0.39, 0.29) is 11.9 Å². The quantitative estimate of drug-likeness (QED) is 0.853. The number of aliphatic carboxylic acids is 1. The second-order valence-corrected chi connectivity index (χ2v) is 6.61. The van der Waals surface area contributed by atoms with Gasteiger partial charge in [0.25, 0.3) is 0 Å². The molecule has 1 aliphatic rings. The second kappa shape index (κ2) is 6.05. The van der Waals surface area contributed by atoms with Gasteiger partial charge in [0.2, 0.25) is 0 Å². The highest BCUT2D eigenvalue weighted by Gasteiger charge is 2.48. The number of halogens is 1. The molecule has 5 nitrogen and oxygen atoms in total. The van der Waals surface area contributed by atoms with Gasteiger partial charge in [-0.1, -0.05) is 28.1 Å². The number of carboxylic acid groups (broad SMARTS) is 1. The summed E-state index contributed by atoms with van der Waals surface area (Å²) in [7, 11) is 1.66. The maximum absolute atomic E-state index is 12.2. The Hall–Kier alpha value is -1.56. The fourth-order valence-electron chi connectivity index (χ4n) is 2.24. The van der Waals surface area contributed by atoms with Gasteiger partial charge in [0.05, 0.1) is 0 Å². The van der Waals surface area contributed by atoms with Crippen molar-refractivity contribution in [1.82, 2.24) is 10.2 Å². The SMILES string of the molecule is CN(Cc1ccc(Br)cc1)C(=O)NC(C)(C(=O)O)C1CC1. The molecule has 0 radical (unpaired) electrons. The van der Waals surface area contributed by atoms with Crippen molar-refractivity contribution in [2.24, 2.45) is 5.92 Å². The highest BCUT2D eigenvalue weighted by atomic mass is 79.9. The number of carbonyl (C=O) groups excluding carboxylic acids is 1. The van der Waals surface area contributed by atoms with Crippen LogP contribution in [0, 0.1) is 5.92 Å². The van der Waals surface area contributed by atoms with Crippen LogP contribution in [0.3, 0.4) is 0 Å². The summed E-state index contributed by atoms with van der Waals surface area (Å²) in [5.41, 5.74) is -0.190. The molecule has 0 bridgehead atoms. The van der Waals surface area contributed by atoms with Crippen molar-refractivity contribution < 1.29 is 14.7 Å². The first-order valence-electron chi connectivity index (χ1n) is 6.84. The summed E-state index contributed by atoms with van der Waals surface area (Å²) in [6, 6.07) is 7.30. The molecule has 0 aliphatic heterocycles. The van der Waals surface area contributed by atoms with Gasteiger partial charge in [0.1, 0.15) is 5.54 Å². The van der Waals surface area contributed by atoms with Gasteiger partial charge < -0.3 is 15.3 Å². The predicted molar refractivity (Wildman–Crippen MR) is 82.9 cm³/mol. The van der Waals surface area contributed by atoms with E-state index in [1.807, 2.05) is 24.3 Å². The van der Waals surface area contributed by atoms with E-state index in [4.69, 9.17) is 0 Å². The van der Waals surface area contributed by atoms with E-state index in [0.29, 0.717) is 6.54 Å². The van der Waals surface area contributed by atoms with Crippen LogP contribution in [0.2, 0.25) is 0 Å². The van der Waals surface area contributed by atoms with E-state index >= 15 is 0 Å². The number of hydrogen-bond donors (Lipinski definition) is 2. The van der Waals surface area contributed by atoms with Crippen molar-refractivity contribution >= 4 is 27.9 Å². The Bertz CT molecular complexity index is 542. The van der Waals surface area contributed by atoms with Crippen molar-refractivity contribution in [3.63, 3.8) is 0 Å². The number of urea groups is 1. The van der Waals surface area contributed by atoms with E-state index in [9.17, 15) is 14.7 Å². The van der Waals surface area contributed by atoms with Crippen LogP contribution in [0.15, 0.2) is 28.7 Å². The summed E-state index contributed by atoms with van der Waals surface area (Å²) in [4.78, 5) is 25.1. The van der Waals surface area contributed by atoms with Gasteiger partial charge in [-0.2, -0.15) is 0 Å². The first-order chi connectivity index (χ1) is 9.83. The molecule has 0 heterocycles. The minimum absolute atomic E-state index is 0.0278. The Balaban J connectivity index is 1.98. The Morgan fingerprint density at radius 2 is 1.95 bits per heavy atom. The number of carbonyl (C=O) groups is 2. The van der Waals surface area contributed by atoms with Crippen molar-refractivity contribution in [2.75, 3.05) is 7.05 Å². The van der Waals surface area contributed by atoms with Crippen LogP contribution in [0.1, 0.15) is 25.3 Å². The van der Waals surface area contributed by atoms with E-state index in [0.717, 1.165) is 22.9 Å². The minimum atomic E-state index is -1.18. The van der Waals surface area contributed by atoms with Crippen LogP contribution >= 0.6 is 15.9 Å². The van der Waals surface area contributed by atoms with Crippen LogP contribution in [-0.4, -0.2) is 34.6 Å². The lowest BCUT2D eigenvalue weighted by Crippen LogP contribution is -2.56. The summed E-state index contributed by atoms with van der Waals surface area (Å²) in [6.07, 6.45) is 1.69. The summed E-state index contributed by atoms with van der Waals surface area (Å²) >= 11 is 3.36. The molecule has 1 aromatic rings. The summed E-state index contributed by atoms with van der Waals surface area (Å²) in [5, 5.41) is 12.0. The first-order valence-corrected chi connectivity index (χ1v) is 7.63. The molecular formula is C15H19BrN2O3. The second-order valence-electron chi connectivity index (χ2n) is 5.69. The topological polar surface area (TPSA) is 69.6 Å². The van der Waals surface area contributed by atoms with Crippen molar-refractivity contribution in [2.45, 2.75) is 31.8 Å². The fraction of sp³-hybridized carbons (Fsp3) is 0.467. The predicted octanol–water partition coefficient (Wildman–Crippen LogP) is 2.84. The molecule has 114 valence electrons. The zero-order valence-electron chi connectivity index (χ0n) is 12.1. The lowest BCUT2D eigenvalue weighted by molar-refractivity contribution is -0.144. The molecular weight excluding hydrogens is 336 g/mol. The molecule has 2 rings (SSSR count). The summed E-state index contributed by atoms with van der Waals surface area (Å²) in [6.45, 7) is 2.01. The van der Waals surface area contributed by atoms with Crippen molar-refractivity contribution in [1.29, 1.82) is 0 Å². The fourth-order valence-corrected chi connectivity index (χ4v) is 2.51. The van der Waals surface area contributed by atoms with E-state index in [1.54, 1.807) is 14.0 Å². The van der Waals surface area contributed by atoms with Gasteiger partial charge in [-0.3, -0.25) is 0 Å². The van der Waals surface area contributed by atoms with E-state index in [1.165, 1.54) is 4.90 Å². The molecule has 6 heteroatoms. The van der Waals surface area contributed by atoms with Gasteiger partial charge in [-0.15, -0.1) is 0 Å². The first kappa shape index (κ1) is 15.8. The number of nitrogens with one attached hydrogen (secondary N) is 1. The maximum atomic E-state index is 12.2. The number of hydrogen-bond acceptors (Lipinski definition) is 2. The zero-order chi connectivity index (χ0) is 15.6. The lowest BCUT2D eigenvalue weighted by atomic mass is 9.96. The van der Waals surface area contributed by atoms with Gasteiger partial charge in [-0.05, 0) is 43.4 Å². The van der Waals surface area contributed by atoms with Crippen LogP contribution in [0.25, 0.3) is 0 Å². The number of rotatable bonds is 5. The van der Waals surface area contributed by atoms with Crippen molar-refractivity contribution in [3.05, 3.63) is 34.3 Å². The molecule has 1 unspecified atom stereocenters. The Kier molecular flexibility index (Phi) is 4.56. The van der Waals surface area contributed by atoms with Crippen LogP contribution in [0.4, 0.5) is 4.79 Å². The average molecular weight is 355 g/mol. The number of carboxylic acids is 1. The highest BCUT2D eigenvalue weighted by Crippen LogP contribution is 2.39. The molecule has 2 amide bonds. The van der Waals surface area contributed by atoms with Gasteiger partial charge >= 0.3 is 12.0 Å². The third-order valence-electron chi connectivity index (χ3n) is 3.88. The Labute approximate surface area is 132 Å². The highest BCUT2D eigenvalue weighted by molar-refractivity contribution is 9.10. The van der Waals surface area contributed by atoms with Crippen LogP contribution < -0.4 is 5.32 Å². The molecule has 1 atom stereocenters. The molecule has 1 aromatic carbocycles. The average Bonchev–Trinajstić information content (AvgIpc) is 3.25. The van der Waals surface area contributed by atoms with E-state index < -0.39 is 11.5 Å². The normalized spacial score (nSPS) is 16.9. The number of nitrogens with zero attached hydrogens (tertiary/aromatic N) is 1. The molecule has 2 N–H and O–H groups in total. The van der Waals surface area contributed by atoms with Crippen molar-refractivity contribution in [3.8, 4) is 0 Å². The largest absolute Gasteiger partial charge is 0.480 e. The third kappa shape index (κ3) is 3.75. The molecule has 21 heavy (non-hydrogen) atoms. The van der Waals surface area contributed by atoms with Crippen LogP contribution in [-0.2, 0) is 11.3 Å². The minimum Gasteiger partial charge on any atom is -0.480 e. The molecule has 0 spiro atoms. The lowest BCUT2D eigenvalue weighted by Gasteiger charge is -2.29. The zero-order valence-corrected chi connectivity index (χ0v) is 13.7. The summed E-state index contributed by atoms with van der Waals surface area (Å²) in [5.74, 6) is -0.949. The molecule has 1 saturated carbocycles. The molecule has 0 aromatic heterocycles. The third-order valence-corrected chi connectivity index (χ3v) is 4.41.